The molecule has 3 aromatic rings. The average molecular weight is 388 g/mol. The number of hydrogen-bond acceptors (Lipinski definition) is 2. The van der Waals surface area contributed by atoms with Crippen molar-refractivity contribution in [1.82, 2.24) is 9.88 Å². The molecule has 1 aliphatic rings. The number of fused-ring (bicyclic) bond motifs is 3. The van der Waals surface area contributed by atoms with Gasteiger partial charge in [0.25, 0.3) is 0 Å². The predicted octanol–water partition coefficient (Wildman–Crippen LogP) is 4.62. The van der Waals surface area contributed by atoms with Crippen molar-refractivity contribution in [2.75, 3.05) is 6.54 Å². The number of rotatable bonds is 2. The van der Waals surface area contributed by atoms with Crippen LogP contribution in [0, 0.1) is 0 Å². The Hall–Kier alpha value is -2.01. The molecule has 0 aliphatic carbocycles. The third-order valence-corrected chi connectivity index (χ3v) is 5.65. The van der Waals surface area contributed by atoms with E-state index in [9.17, 15) is 4.79 Å². The maximum absolute atomic E-state index is 13.0. The average Bonchev–Trinajstić information content (AvgIpc) is 3.00. The molecule has 4 rings (SSSR count). The zero-order chi connectivity index (χ0) is 18.4. The highest BCUT2D eigenvalue weighted by atomic mass is 35.5. The molecule has 0 saturated carbocycles. The minimum absolute atomic E-state index is 0.0734. The van der Waals surface area contributed by atoms with Gasteiger partial charge in [-0.2, -0.15) is 0 Å². The van der Waals surface area contributed by atoms with E-state index in [4.69, 9.17) is 28.9 Å². The van der Waals surface area contributed by atoms with Crippen LogP contribution >= 0.6 is 23.2 Å². The first-order valence-electron chi connectivity index (χ1n) is 8.57. The fraction of sp³-hybridized carbons (Fsp3) is 0.250. The van der Waals surface area contributed by atoms with E-state index in [1.807, 2.05) is 30.0 Å². The molecule has 26 heavy (non-hydrogen) atoms. The number of nitrogens with two attached hydrogens (primary N) is 1. The lowest BCUT2D eigenvalue weighted by atomic mass is 9.96. The minimum Gasteiger partial charge on any atom is -0.356 e. The molecule has 3 N–H and O–H groups in total. The fourth-order valence-corrected chi connectivity index (χ4v) is 4.04. The molecule has 2 atom stereocenters. The molecule has 6 heteroatoms. The van der Waals surface area contributed by atoms with Crippen LogP contribution in [-0.4, -0.2) is 22.3 Å². The summed E-state index contributed by atoms with van der Waals surface area (Å²) in [5, 5.41) is 2.48. The summed E-state index contributed by atoms with van der Waals surface area (Å²) in [5.74, 6) is -0.0813. The van der Waals surface area contributed by atoms with Gasteiger partial charge in [0.15, 0.2) is 0 Å². The van der Waals surface area contributed by atoms with E-state index in [1.54, 1.807) is 24.3 Å². The summed E-state index contributed by atoms with van der Waals surface area (Å²) in [5.41, 5.74) is 10.3. The van der Waals surface area contributed by atoms with Crippen molar-refractivity contribution < 1.29 is 4.79 Å². The van der Waals surface area contributed by atoms with Crippen molar-refractivity contribution in [3.63, 3.8) is 0 Å². The number of amides is 1. The summed E-state index contributed by atoms with van der Waals surface area (Å²) < 4.78 is 0. The molecule has 0 spiro atoms. The lowest BCUT2D eigenvalue weighted by molar-refractivity contribution is -0.135. The van der Waals surface area contributed by atoms with Crippen molar-refractivity contribution in [2.45, 2.75) is 25.4 Å². The van der Waals surface area contributed by atoms with E-state index in [0.717, 1.165) is 33.6 Å². The number of nitrogens with zero attached hydrogens (tertiary/aromatic N) is 1. The van der Waals surface area contributed by atoms with Gasteiger partial charge in [0, 0.05) is 33.2 Å². The highest BCUT2D eigenvalue weighted by Crippen LogP contribution is 2.36. The molecule has 1 aromatic heterocycles. The van der Waals surface area contributed by atoms with Crippen LogP contribution in [0.1, 0.15) is 35.8 Å². The predicted molar refractivity (Wildman–Crippen MR) is 106 cm³/mol. The van der Waals surface area contributed by atoms with Crippen molar-refractivity contribution in [3.8, 4) is 0 Å². The highest BCUT2D eigenvalue weighted by Gasteiger charge is 2.33. The summed E-state index contributed by atoms with van der Waals surface area (Å²) in [7, 11) is 0. The first kappa shape index (κ1) is 17.4. The summed E-state index contributed by atoms with van der Waals surface area (Å²) in [6.45, 7) is 2.66. The van der Waals surface area contributed by atoms with Gasteiger partial charge < -0.3 is 15.6 Å². The SMILES string of the molecule is CC1c2[nH]c3ccc(Cl)cc3c2CCN1C(=O)C(N)c1ccc(Cl)cc1. The number of aromatic amines is 1. The number of carbonyl (C=O) groups excluding carboxylic acids is 1. The van der Waals surface area contributed by atoms with E-state index in [0.29, 0.717) is 11.6 Å². The fourth-order valence-electron chi connectivity index (χ4n) is 3.74. The zero-order valence-corrected chi connectivity index (χ0v) is 15.8. The monoisotopic (exact) mass is 387 g/mol. The summed E-state index contributed by atoms with van der Waals surface area (Å²) in [6.07, 6.45) is 0.777. The zero-order valence-electron chi connectivity index (χ0n) is 14.3. The van der Waals surface area contributed by atoms with Crippen LogP contribution in [0.15, 0.2) is 42.5 Å². The van der Waals surface area contributed by atoms with Gasteiger partial charge in [-0.15, -0.1) is 0 Å². The number of carbonyl (C=O) groups is 1. The molecule has 1 aliphatic heterocycles. The Morgan fingerprint density at radius 2 is 1.88 bits per heavy atom. The molecule has 0 saturated heterocycles. The number of nitrogens with one attached hydrogen (secondary N) is 1. The standard InChI is InChI=1S/C20H19Cl2N3O/c1-11-19-15(16-10-14(22)6-7-17(16)24-19)8-9-25(11)20(26)18(23)12-2-4-13(21)5-3-12/h2-7,10-11,18,24H,8-9,23H2,1H3. The van der Waals surface area contributed by atoms with Gasteiger partial charge in [-0.05, 0) is 54.8 Å². The second kappa shape index (κ2) is 6.62. The second-order valence-corrected chi connectivity index (χ2v) is 7.57. The summed E-state index contributed by atoms with van der Waals surface area (Å²) >= 11 is 12.1. The smallest absolute Gasteiger partial charge is 0.244 e. The Balaban J connectivity index is 1.64. The summed E-state index contributed by atoms with van der Waals surface area (Å²) in [4.78, 5) is 18.3. The Kier molecular flexibility index (Phi) is 4.43. The van der Waals surface area contributed by atoms with Crippen LogP contribution < -0.4 is 5.73 Å². The summed E-state index contributed by atoms with van der Waals surface area (Å²) in [6, 6.07) is 12.2. The van der Waals surface area contributed by atoms with Crippen molar-refractivity contribution in [3.05, 3.63) is 69.3 Å². The topological polar surface area (TPSA) is 62.1 Å². The van der Waals surface area contributed by atoms with Crippen LogP contribution in [0.5, 0.6) is 0 Å². The largest absolute Gasteiger partial charge is 0.356 e. The molecule has 2 aromatic carbocycles. The van der Waals surface area contributed by atoms with Crippen molar-refractivity contribution in [1.29, 1.82) is 0 Å². The molecule has 2 unspecified atom stereocenters. The van der Waals surface area contributed by atoms with Crippen molar-refractivity contribution >= 4 is 40.0 Å². The van der Waals surface area contributed by atoms with Gasteiger partial charge >= 0.3 is 0 Å². The van der Waals surface area contributed by atoms with Crippen LogP contribution in [0.4, 0.5) is 0 Å². The molecule has 0 radical (unpaired) electrons. The van der Waals surface area contributed by atoms with E-state index >= 15 is 0 Å². The Morgan fingerprint density at radius 3 is 2.62 bits per heavy atom. The van der Waals surface area contributed by atoms with Gasteiger partial charge in [0.1, 0.15) is 6.04 Å². The maximum Gasteiger partial charge on any atom is 0.244 e. The maximum atomic E-state index is 13.0. The molecule has 0 fully saturated rings. The normalized spacial score (nSPS) is 18.0. The molecule has 134 valence electrons. The number of halogens is 2. The first-order valence-corrected chi connectivity index (χ1v) is 9.33. The van der Waals surface area contributed by atoms with Gasteiger partial charge in [-0.3, -0.25) is 4.79 Å². The van der Waals surface area contributed by atoms with Crippen LogP contribution in [0.25, 0.3) is 10.9 Å². The Bertz CT molecular complexity index is 981. The van der Waals surface area contributed by atoms with Crippen LogP contribution in [0.2, 0.25) is 10.0 Å². The second-order valence-electron chi connectivity index (χ2n) is 6.69. The molecular weight excluding hydrogens is 369 g/mol. The first-order chi connectivity index (χ1) is 12.5. The quantitative estimate of drug-likeness (QED) is 0.673. The van der Waals surface area contributed by atoms with Gasteiger partial charge in [0.05, 0.1) is 6.04 Å². The van der Waals surface area contributed by atoms with Gasteiger partial charge in [0.2, 0.25) is 5.91 Å². The lowest BCUT2D eigenvalue weighted by Crippen LogP contribution is -2.43. The van der Waals surface area contributed by atoms with Crippen LogP contribution in [0.3, 0.4) is 0 Å². The molecule has 2 heterocycles. The van der Waals surface area contributed by atoms with Crippen LogP contribution in [-0.2, 0) is 11.2 Å². The Morgan fingerprint density at radius 1 is 1.19 bits per heavy atom. The highest BCUT2D eigenvalue weighted by molar-refractivity contribution is 6.31. The molecular formula is C20H19Cl2N3O. The third-order valence-electron chi connectivity index (χ3n) is 5.17. The Labute approximate surface area is 161 Å². The number of benzene rings is 2. The van der Waals surface area contributed by atoms with E-state index in [1.165, 1.54) is 5.56 Å². The minimum atomic E-state index is -0.699. The van der Waals surface area contributed by atoms with Crippen molar-refractivity contribution in [2.24, 2.45) is 5.73 Å². The van der Waals surface area contributed by atoms with Gasteiger partial charge in [-0.25, -0.2) is 0 Å². The lowest BCUT2D eigenvalue weighted by Gasteiger charge is -2.35. The number of aromatic nitrogens is 1. The molecule has 4 nitrogen and oxygen atoms in total. The van der Waals surface area contributed by atoms with Gasteiger partial charge in [-0.1, -0.05) is 35.3 Å². The number of hydrogen-bond donors (Lipinski definition) is 2. The van der Waals surface area contributed by atoms with E-state index < -0.39 is 6.04 Å². The molecule has 1 amide bonds. The third kappa shape index (κ3) is 2.88. The van der Waals surface area contributed by atoms with E-state index in [-0.39, 0.29) is 11.9 Å². The molecule has 0 bridgehead atoms. The van der Waals surface area contributed by atoms with E-state index in [2.05, 4.69) is 4.98 Å². The number of H-pyrrole nitrogens is 1.